The molecule has 1 N–H and O–H groups in total. The molecule has 0 spiro atoms. The Morgan fingerprint density at radius 3 is 2.56 bits per heavy atom. The van der Waals surface area contributed by atoms with Gasteiger partial charge in [0.1, 0.15) is 12.0 Å². The van der Waals surface area contributed by atoms with Crippen LogP contribution in [-0.2, 0) is 11.0 Å². The summed E-state index contributed by atoms with van der Waals surface area (Å²) in [5.41, 5.74) is -2.12. The van der Waals surface area contributed by atoms with Gasteiger partial charge in [-0.2, -0.15) is 18.4 Å². The third-order valence-electron chi connectivity index (χ3n) is 1.89. The Morgan fingerprint density at radius 2 is 2.06 bits per heavy atom. The lowest BCUT2D eigenvalue weighted by Gasteiger charge is -2.13. The van der Waals surface area contributed by atoms with E-state index in [1.807, 2.05) is 5.32 Å². The molecule has 0 bridgehead atoms. The molecule has 0 saturated heterocycles. The first kappa shape index (κ1) is 14.4. The Hall–Kier alpha value is -1.62. The van der Waals surface area contributed by atoms with E-state index in [4.69, 9.17) is 5.26 Å². The number of benzene rings is 1. The average molecular weight is 325 g/mol. The maximum Gasteiger partial charge on any atom is 0.420 e. The average Bonchev–Trinajstić information content (AvgIpc) is 2.21. The van der Waals surface area contributed by atoms with Crippen molar-refractivity contribution in [1.29, 1.82) is 5.26 Å². The number of nitrogens with one attached hydrogen (secondary N) is 1. The van der Waals surface area contributed by atoms with Gasteiger partial charge in [0.15, 0.2) is 5.82 Å². The lowest BCUT2D eigenvalue weighted by molar-refractivity contribution is -0.140. The highest BCUT2D eigenvalue weighted by molar-refractivity contribution is 9.10. The first-order valence-corrected chi connectivity index (χ1v) is 5.28. The van der Waals surface area contributed by atoms with Crippen molar-refractivity contribution < 1.29 is 22.4 Å². The predicted molar refractivity (Wildman–Crippen MR) is 58.0 cm³/mol. The second-order valence-corrected chi connectivity index (χ2v) is 4.02. The number of hydrogen-bond acceptors (Lipinski definition) is 2. The molecule has 1 aromatic carbocycles. The minimum absolute atomic E-state index is 0.467. The molecule has 0 radical (unpaired) electrons. The fourth-order valence-corrected chi connectivity index (χ4v) is 1.71. The van der Waals surface area contributed by atoms with Gasteiger partial charge in [-0.25, -0.2) is 4.39 Å². The van der Waals surface area contributed by atoms with Gasteiger partial charge >= 0.3 is 6.18 Å². The Morgan fingerprint density at radius 1 is 1.44 bits per heavy atom. The number of hydrogen-bond donors (Lipinski definition) is 1. The van der Waals surface area contributed by atoms with Crippen molar-refractivity contribution in [3.8, 4) is 6.07 Å². The minimum atomic E-state index is -4.89. The molecule has 8 heteroatoms. The van der Waals surface area contributed by atoms with Crippen molar-refractivity contribution in [2.45, 2.75) is 12.6 Å². The van der Waals surface area contributed by atoms with Crippen LogP contribution in [0, 0.1) is 17.1 Å². The van der Waals surface area contributed by atoms with Gasteiger partial charge in [-0.15, -0.1) is 0 Å². The zero-order valence-corrected chi connectivity index (χ0v) is 10.2. The van der Waals surface area contributed by atoms with Crippen molar-refractivity contribution >= 4 is 27.5 Å². The zero-order chi connectivity index (χ0) is 13.9. The van der Waals surface area contributed by atoms with Crippen LogP contribution in [0.5, 0.6) is 0 Å². The molecule has 0 aromatic heterocycles. The standard InChI is InChI=1S/C10H5BrF4N2O/c11-5-1-2-6(17-7(18)3-4-16)9(12)8(5)10(13,14)15/h1-2H,3H2,(H,17,18). The van der Waals surface area contributed by atoms with Crippen LogP contribution in [-0.4, -0.2) is 5.91 Å². The van der Waals surface area contributed by atoms with Gasteiger partial charge in [0.05, 0.1) is 11.8 Å². The van der Waals surface area contributed by atoms with Crippen LogP contribution in [0.1, 0.15) is 12.0 Å². The topological polar surface area (TPSA) is 52.9 Å². The molecule has 0 aliphatic heterocycles. The van der Waals surface area contributed by atoms with Crippen LogP contribution in [0.15, 0.2) is 16.6 Å². The van der Waals surface area contributed by atoms with Crippen LogP contribution >= 0.6 is 15.9 Å². The number of alkyl halides is 3. The fourth-order valence-electron chi connectivity index (χ4n) is 1.18. The van der Waals surface area contributed by atoms with Crippen molar-refractivity contribution in [1.82, 2.24) is 0 Å². The molecule has 0 atom stereocenters. The SMILES string of the molecule is N#CCC(=O)Nc1ccc(Br)c(C(F)(F)F)c1F. The number of halogens is 5. The van der Waals surface area contributed by atoms with E-state index in [1.54, 1.807) is 0 Å². The van der Waals surface area contributed by atoms with Crippen molar-refractivity contribution in [3.63, 3.8) is 0 Å². The van der Waals surface area contributed by atoms with Gasteiger partial charge in [0.2, 0.25) is 5.91 Å². The van der Waals surface area contributed by atoms with Crippen LogP contribution in [0.4, 0.5) is 23.2 Å². The summed E-state index contributed by atoms with van der Waals surface area (Å²) in [7, 11) is 0. The second kappa shape index (κ2) is 5.35. The lowest BCUT2D eigenvalue weighted by atomic mass is 10.1. The molecule has 0 fully saturated rings. The highest BCUT2D eigenvalue weighted by atomic mass is 79.9. The summed E-state index contributed by atoms with van der Waals surface area (Å²) in [6.45, 7) is 0. The lowest BCUT2D eigenvalue weighted by Crippen LogP contribution is -2.15. The minimum Gasteiger partial charge on any atom is -0.323 e. The maximum atomic E-state index is 13.6. The summed E-state index contributed by atoms with van der Waals surface area (Å²) in [4.78, 5) is 11.0. The number of rotatable bonds is 2. The number of carbonyl (C=O) groups excluding carboxylic acids is 1. The third kappa shape index (κ3) is 3.20. The summed E-state index contributed by atoms with van der Waals surface area (Å²) in [5.74, 6) is -2.48. The number of amides is 1. The van der Waals surface area contributed by atoms with Gasteiger partial charge in [0, 0.05) is 4.47 Å². The second-order valence-electron chi connectivity index (χ2n) is 3.16. The molecule has 0 aliphatic rings. The van der Waals surface area contributed by atoms with Crippen LogP contribution in [0.2, 0.25) is 0 Å². The van der Waals surface area contributed by atoms with Crippen molar-refractivity contribution in [2.24, 2.45) is 0 Å². The molecule has 3 nitrogen and oxygen atoms in total. The predicted octanol–water partition coefficient (Wildman–Crippen LogP) is 3.46. The van der Waals surface area contributed by atoms with E-state index in [9.17, 15) is 22.4 Å². The van der Waals surface area contributed by atoms with E-state index >= 15 is 0 Å². The first-order valence-electron chi connectivity index (χ1n) is 4.49. The van der Waals surface area contributed by atoms with Gasteiger partial charge in [-0.05, 0) is 12.1 Å². The van der Waals surface area contributed by atoms with E-state index in [1.165, 1.54) is 6.07 Å². The molecular weight excluding hydrogens is 320 g/mol. The third-order valence-corrected chi connectivity index (χ3v) is 2.55. The Bertz CT molecular complexity index is 522. The summed E-state index contributed by atoms with van der Waals surface area (Å²) < 4.78 is 50.7. The molecule has 1 aromatic rings. The monoisotopic (exact) mass is 324 g/mol. The van der Waals surface area contributed by atoms with E-state index in [0.717, 1.165) is 12.1 Å². The van der Waals surface area contributed by atoms with E-state index in [-0.39, 0.29) is 0 Å². The van der Waals surface area contributed by atoms with Gasteiger partial charge in [-0.1, -0.05) is 15.9 Å². The van der Waals surface area contributed by atoms with Gasteiger partial charge in [-0.3, -0.25) is 4.79 Å². The summed E-state index contributed by atoms with van der Waals surface area (Å²) in [5, 5.41) is 10.1. The molecule has 96 valence electrons. The molecule has 0 aliphatic carbocycles. The van der Waals surface area contributed by atoms with E-state index in [2.05, 4.69) is 15.9 Å². The molecule has 0 unspecified atom stereocenters. The smallest absolute Gasteiger partial charge is 0.323 e. The molecular formula is C10H5BrF4N2O. The number of anilines is 1. The maximum absolute atomic E-state index is 13.6. The largest absolute Gasteiger partial charge is 0.420 e. The van der Waals surface area contributed by atoms with E-state index in [0.29, 0.717) is 0 Å². The van der Waals surface area contributed by atoms with Crippen LogP contribution in [0.3, 0.4) is 0 Å². The normalized spacial score (nSPS) is 10.9. The number of nitrogens with zero attached hydrogens (tertiary/aromatic N) is 1. The van der Waals surface area contributed by atoms with Gasteiger partial charge in [0.25, 0.3) is 0 Å². The Kier molecular flexibility index (Phi) is 4.29. The quantitative estimate of drug-likeness (QED) is 0.847. The first-order chi connectivity index (χ1) is 8.27. The molecule has 0 saturated carbocycles. The molecule has 18 heavy (non-hydrogen) atoms. The number of carbonyl (C=O) groups is 1. The molecule has 1 amide bonds. The zero-order valence-electron chi connectivity index (χ0n) is 8.61. The Labute approximate surface area is 108 Å². The van der Waals surface area contributed by atoms with E-state index < -0.39 is 40.0 Å². The fraction of sp³-hybridized carbons (Fsp3) is 0.200. The highest BCUT2D eigenvalue weighted by Gasteiger charge is 2.37. The summed E-state index contributed by atoms with van der Waals surface area (Å²) in [6, 6.07) is 3.44. The van der Waals surface area contributed by atoms with Crippen molar-refractivity contribution in [3.05, 3.63) is 28.0 Å². The van der Waals surface area contributed by atoms with Gasteiger partial charge < -0.3 is 5.32 Å². The van der Waals surface area contributed by atoms with Crippen LogP contribution < -0.4 is 5.32 Å². The molecule has 0 heterocycles. The summed E-state index contributed by atoms with van der Waals surface area (Å²) in [6.07, 6.45) is -5.46. The molecule has 1 rings (SSSR count). The van der Waals surface area contributed by atoms with Crippen molar-refractivity contribution in [2.75, 3.05) is 5.32 Å². The Balaban J connectivity index is 3.18. The number of nitriles is 1. The highest BCUT2D eigenvalue weighted by Crippen LogP contribution is 2.39. The summed E-state index contributed by atoms with van der Waals surface area (Å²) >= 11 is 2.59. The van der Waals surface area contributed by atoms with Crippen LogP contribution in [0.25, 0.3) is 0 Å².